The third-order valence-corrected chi connectivity index (χ3v) is 3.58. The second-order valence-corrected chi connectivity index (χ2v) is 5.04. The molecule has 1 aliphatic heterocycles. The largest absolute Gasteiger partial charge is 0.375 e. The molecule has 1 N–H and O–H groups in total. The van der Waals surface area contributed by atoms with E-state index in [-0.39, 0.29) is 0 Å². The van der Waals surface area contributed by atoms with Crippen LogP contribution in [0.25, 0.3) is 0 Å². The Labute approximate surface area is 94.1 Å². The Morgan fingerprint density at radius 3 is 2.13 bits per heavy atom. The summed E-state index contributed by atoms with van der Waals surface area (Å²) in [4.78, 5) is 0. The van der Waals surface area contributed by atoms with Gasteiger partial charge in [-0.05, 0) is 40.7 Å². The minimum absolute atomic E-state index is 0.350. The molecule has 0 aromatic rings. The van der Waals surface area contributed by atoms with Crippen LogP contribution in [0.2, 0.25) is 0 Å². The molecule has 1 fully saturated rings. The van der Waals surface area contributed by atoms with E-state index in [1.54, 1.807) is 0 Å². The molecule has 0 amide bonds. The van der Waals surface area contributed by atoms with Gasteiger partial charge in [-0.15, -0.1) is 0 Å². The topological polar surface area (TPSA) is 21.3 Å². The summed E-state index contributed by atoms with van der Waals surface area (Å²) in [5, 5.41) is 3.40. The van der Waals surface area contributed by atoms with Gasteiger partial charge in [0.05, 0.1) is 12.2 Å². The molecule has 1 heterocycles. The zero-order chi connectivity index (χ0) is 11.6. The van der Waals surface area contributed by atoms with Crippen LogP contribution in [-0.4, -0.2) is 25.3 Å². The molecule has 15 heavy (non-hydrogen) atoms. The van der Waals surface area contributed by atoms with Crippen LogP contribution in [0.15, 0.2) is 11.6 Å². The molecule has 1 saturated heterocycles. The molecular weight excluding hydrogens is 186 g/mol. The normalized spacial score (nSPS) is 37.7. The summed E-state index contributed by atoms with van der Waals surface area (Å²) in [6.07, 6.45) is 3.05. The highest BCUT2D eigenvalue weighted by atomic mass is 16.5. The summed E-state index contributed by atoms with van der Waals surface area (Å²) < 4.78 is 5.88. The molecule has 0 spiro atoms. The highest BCUT2D eigenvalue weighted by molar-refractivity contribution is 5.06. The van der Waals surface area contributed by atoms with Gasteiger partial charge in [-0.2, -0.15) is 0 Å². The first-order chi connectivity index (χ1) is 6.97. The average molecular weight is 211 g/mol. The predicted octanol–water partition coefficient (Wildman–Crippen LogP) is 2.60. The molecule has 2 heteroatoms. The van der Waals surface area contributed by atoms with Crippen molar-refractivity contribution in [3.63, 3.8) is 0 Å². The number of ether oxygens (including phenoxy) is 1. The van der Waals surface area contributed by atoms with Crippen molar-refractivity contribution >= 4 is 0 Å². The van der Waals surface area contributed by atoms with Crippen molar-refractivity contribution in [3.8, 4) is 0 Å². The van der Waals surface area contributed by atoms with Gasteiger partial charge in [-0.25, -0.2) is 0 Å². The lowest BCUT2D eigenvalue weighted by molar-refractivity contribution is 0.0494. The Hall–Kier alpha value is -0.340. The van der Waals surface area contributed by atoms with Crippen LogP contribution < -0.4 is 5.32 Å². The Morgan fingerprint density at radius 1 is 1.20 bits per heavy atom. The van der Waals surface area contributed by atoms with E-state index in [2.05, 4.69) is 46.0 Å². The van der Waals surface area contributed by atoms with Crippen molar-refractivity contribution in [1.82, 2.24) is 5.32 Å². The number of likely N-dealkylation sites (N-methyl/N-ethyl adjacent to an activating group) is 1. The summed E-state index contributed by atoms with van der Waals surface area (Å²) in [5.74, 6) is 1.20. The summed E-state index contributed by atoms with van der Waals surface area (Å²) in [5.41, 5.74) is 1.37. The van der Waals surface area contributed by atoms with Crippen LogP contribution in [0.5, 0.6) is 0 Å². The Morgan fingerprint density at radius 2 is 1.80 bits per heavy atom. The van der Waals surface area contributed by atoms with Crippen molar-refractivity contribution in [2.75, 3.05) is 7.05 Å². The number of hydrogen-bond donors (Lipinski definition) is 1. The summed E-state index contributed by atoms with van der Waals surface area (Å²) >= 11 is 0. The molecule has 2 nitrogen and oxygen atoms in total. The van der Waals surface area contributed by atoms with Gasteiger partial charge in [0.1, 0.15) is 0 Å². The second kappa shape index (κ2) is 5.13. The zero-order valence-electron chi connectivity index (χ0n) is 10.9. The third-order valence-electron chi connectivity index (χ3n) is 3.58. The maximum Gasteiger partial charge on any atom is 0.0600 e. The lowest BCUT2D eigenvalue weighted by Crippen LogP contribution is -2.38. The highest BCUT2D eigenvalue weighted by Crippen LogP contribution is 2.35. The first-order valence-electron chi connectivity index (χ1n) is 5.95. The van der Waals surface area contributed by atoms with Gasteiger partial charge in [0, 0.05) is 12.0 Å². The molecule has 88 valence electrons. The maximum absolute atomic E-state index is 5.88. The molecule has 1 rings (SSSR count). The smallest absolute Gasteiger partial charge is 0.0600 e. The summed E-state index contributed by atoms with van der Waals surface area (Å²) in [6, 6.07) is 0.435. The fourth-order valence-electron chi connectivity index (χ4n) is 2.66. The van der Waals surface area contributed by atoms with Gasteiger partial charge >= 0.3 is 0 Å². The van der Waals surface area contributed by atoms with Crippen LogP contribution in [-0.2, 0) is 4.74 Å². The first-order valence-corrected chi connectivity index (χ1v) is 5.95. The van der Waals surface area contributed by atoms with Gasteiger partial charge in [0.25, 0.3) is 0 Å². The molecule has 5 atom stereocenters. The number of rotatable bonds is 3. The minimum Gasteiger partial charge on any atom is -0.375 e. The second-order valence-electron chi connectivity index (χ2n) is 5.04. The van der Waals surface area contributed by atoms with Gasteiger partial charge in [0.2, 0.25) is 0 Å². The van der Waals surface area contributed by atoms with Gasteiger partial charge in [-0.1, -0.05) is 18.6 Å². The first kappa shape index (κ1) is 12.7. The highest BCUT2D eigenvalue weighted by Gasteiger charge is 2.40. The van der Waals surface area contributed by atoms with Crippen molar-refractivity contribution < 1.29 is 4.74 Å². The van der Waals surface area contributed by atoms with Crippen molar-refractivity contribution in [3.05, 3.63) is 11.6 Å². The predicted molar refractivity (Wildman–Crippen MR) is 64.9 cm³/mol. The molecule has 0 aromatic carbocycles. The SMILES string of the molecule is CNC(C=C(C)C)C1C(C)OC(C)C1C. The third kappa shape index (κ3) is 2.82. The van der Waals surface area contributed by atoms with Crippen LogP contribution in [0.1, 0.15) is 34.6 Å². The molecular formula is C13H25NO. The number of allylic oxidation sites excluding steroid dienone is 1. The van der Waals surface area contributed by atoms with Crippen LogP contribution in [0.3, 0.4) is 0 Å². The monoisotopic (exact) mass is 211 g/mol. The van der Waals surface area contributed by atoms with E-state index in [1.807, 2.05) is 7.05 Å². The number of nitrogens with one attached hydrogen (secondary N) is 1. The fraction of sp³-hybridized carbons (Fsp3) is 0.846. The van der Waals surface area contributed by atoms with Gasteiger partial charge in [-0.3, -0.25) is 0 Å². The van der Waals surface area contributed by atoms with Crippen molar-refractivity contribution in [2.24, 2.45) is 11.8 Å². The van der Waals surface area contributed by atoms with Crippen molar-refractivity contribution in [1.29, 1.82) is 0 Å². The molecule has 0 aliphatic carbocycles. The standard InChI is InChI=1S/C13H25NO/c1-8(2)7-12(14-6)13-9(3)10(4)15-11(13)5/h7,9-14H,1-6H3. The van der Waals surface area contributed by atoms with Crippen LogP contribution in [0.4, 0.5) is 0 Å². The van der Waals surface area contributed by atoms with E-state index in [1.165, 1.54) is 5.57 Å². The summed E-state index contributed by atoms with van der Waals surface area (Å²) in [6.45, 7) is 11.0. The Balaban J connectivity index is 2.80. The van der Waals surface area contributed by atoms with E-state index < -0.39 is 0 Å². The number of hydrogen-bond acceptors (Lipinski definition) is 2. The lowest BCUT2D eigenvalue weighted by Gasteiger charge is -2.26. The lowest BCUT2D eigenvalue weighted by atomic mass is 9.83. The minimum atomic E-state index is 0.350. The molecule has 5 unspecified atom stereocenters. The van der Waals surface area contributed by atoms with Gasteiger partial charge < -0.3 is 10.1 Å². The fourth-order valence-corrected chi connectivity index (χ4v) is 2.66. The van der Waals surface area contributed by atoms with Crippen molar-refractivity contribution in [2.45, 2.75) is 52.9 Å². The summed E-state index contributed by atoms with van der Waals surface area (Å²) in [7, 11) is 2.03. The molecule has 0 saturated carbocycles. The molecule has 0 radical (unpaired) electrons. The van der Waals surface area contributed by atoms with E-state index in [0.29, 0.717) is 30.1 Å². The molecule has 1 aliphatic rings. The Bertz CT molecular complexity index is 233. The van der Waals surface area contributed by atoms with Gasteiger partial charge in [0.15, 0.2) is 0 Å². The maximum atomic E-state index is 5.88. The molecule has 0 aromatic heterocycles. The molecule has 0 bridgehead atoms. The van der Waals surface area contributed by atoms with Crippen LogP contribution in [0, 0.1) is 11.8 Å². The van der Waals surface area contributed by atoms with E-state index in [9.17, 15) is 0 Å². The van der Waals surface area contributed by atoms with E-state index in [4.69, 9.17) is 4.74 Å². The van der Waals surface area contributed by atoms with E-state index >= 15 is 0 Å². The quantitative estimate of drug-likeness (QED) is 0.725. The van der Waals surface area contributed by atoms with E-state index in [0.717, 1.165) is 0 Å². The zero-order valence-corrected chi connectivity index (χ0v) is 10.9. The Kier molecular flexibility index (Phi) is 4.35. The average Bonchev–Trinajstić information content (AvgIpc) is 2.38. The van der Waals surface area contributed by atoms with Crippen LogP contribution >= 0.6 is 0 Å².